The molecule has 0 unspecified atom stereocenters. The fraction of sp³-hybridized carbons (Fsp3) is 0.286. The first-order valence-electron chi connectivity index (χ1n) is 3.55. The van der Waals surface area contributed by atoms with E-state index in [1.165, 1.54) is 6.07 Å². The third-order valence-corrected chi connectivity index (χ3v) is 1.77. The van der Waals surface area contributed by atoms with Crippen LogP contribution in [-0.2, 0) is 0 Å². The molecule has 0 aromatic carbocycles. The van der Waals surface area contributed by atoms with Gasteiger partial charge in [0.25, 0.3) is 0 Å². The number of hydrogen-bond donors (Lipinski definition) is 2. The van der Waals surface area contributed by atoms with Crippen molar-refractivity contribution < 1.29 is 13.2 Å². The molecule has 78 valence electrons. The van der Waals surface area contributed by atoms with E-state index in [-0.39, 0.29) is 10.7 Å². The smallest absolute Gasteiger partial charge is 0.397 e. The third kappa shape index (κ3) is 2.27. The number of rotatable bonds is 1. The average molecular weight is 226 g/mol. The van der Waals surface area contributed by atoms with Crippen LogP contribution in [0.4, 0.5) is 18.9 Å². The molecule has 1 aromatic heterocycles. The molecule has 0 aliphatic heterocycles. The van der Waals surface area contributed by atoms with Gasteiger partial charge in [-0.25, -0.2) is 0 Å². The number of nitrogens with two attached hydrogens (primary N) is 2. The van der Waals surface area contributed by atoms with Crippen LogP contribution in [0, 0.1) is 0 Å². The fourth-order valence-electron chi connectivity index (χ4n) is 0.880. The summed E-state index contributed by atoms with van der Waals surface area (Å²) in [6.45, 7) is 0. The Hall–Kier alpha value is -1.01. The van der Waals surface area contributed by atoms with Crippen molar-refractivity contribution in [2.45, 2.75) is 12.2 Å². The fourth-order valence-corrected chi connectivity index (χ4v) is 1.05. The van der Waals surface area contributed by atoms with Crippen LogP contribution in [-0.4, -0.2) is 11.2 Å². The molecule has 0 saturated heterocycles. The second-order valence-corrected chi connectivity index (χ2v) is 3.08. The number of halogens is 4. The topological polar surface area (TPSA) is 64.9 Å². The third-order valence-electron chi connectivity index (χ3n) is 1.56. The molecular formula is C7H7ClF3N3. The summed E-state index contributed by atoms with van der Waals surface area (Å²) in [5, 5.41) is 0.167. The lowest BCUT2D eigenvalue weighted by atomic mass is 10.1. The van der Waals surface area contributed by atoms with E-state index in [0.29, 0.717) is 0 Å². The Morgan fingerprint density at radius 3 is 2.43 bits per heavy atom. The van der Waals surface area contributed by atoms with E-state index in [1.807, 2.05) is 0 Å². The Kier molecular flexibility index (Phi) is 2.86. The average Bonchev–Trinajstić information content (AvgIpc) is 2.01. The van der Waals surface area contributed by atoms with Gasteiger partial charge in [0.1, 0.15) is 6.04 Å². The Labute approximate surface area is 82.9 Å². The molecule has 1 atom stereocenters. The first-order chi connectivity index (χ1) is 6.32. The van der Waals surface area contributed by atoms with Crippen molar-refractivity contribution >= 4 is 17.3 Å². The first-order valence-corrected chi connectivity index (χ1v) is 3.93. The van der Waals surface area contributed by atoms with Crippen molar-refractivity contribution in [3.05, 3.63) is 23.0 Å². The van der Waals surface area contributed by atoms with Gasteiger partial charge in [0.05, 0.1) is 16.4 Å². The van der Waals surface area contributed by atoms with Crippen LogP contribution in [0.25, 0.3) is 0 Å². The Bertz CT molecular complexity index is 339. The molecule has 0 radical (unpaired) electrons. The summed E-state index contributed by atoms with van der Waals surface area (Å²) in [7, 11) is 0. The van der Waals surface area contributed by atoms with Crippen molar-refractivity contribution in [2.75, 3.05) is 5.73 Å². The summed E-state index contributed by atoms with van der Waals surface area (Å²) in [5.41, 5.74) is 9.62. The van der Waals surface area contributed by atoms with Crippen LogP contribution >= 0.6 is 11.6 Å². The van der Waals surface area contributed by atoms with Gasteiger partial charge in [0.15, 0.2) is 0 Å². The Balaban J connectivity index is 3.08. The Morgan fingerprint density at radius 1 is 1.43 bits per heavy atom. The highest BCUT2D eigenvalue weighted by molar-refractivity contribution is 6.30. The summed E-state index contributed by atoms with van der Waals surface area (Å²) in [6, 6.07) is -1.00. The predicted octanol–water partition coefficient (Wildman–Crippen LogP) is 1.88. The molecule has 1 rings (SSSR count). The summed E-state index contributed by atoms with van der Waals surface area (Å²) in [6.07, 6.45) is -3.49. The monoisotopic (exact) mass is 225 g/mol. The highest BCUT2D eigenvalue weighted by Crippen LogP contribution is 2.32. The molecule has 1 aromatic rings. The van der Waals surface area contributed by atoms with Crippen molar-refractivity contribution in [1.82, 2.24) is 4.98 Å². The molecule has 4 N–H and O–H groups in total. The Morgan fingerprint density at radius 2 is 2.00 bits per heavy atom. The molecule has 0 fully saturated rings. The molecular weight excluding hydrogens is 219 g/mol. The molecule has 0 bridgehead atoms. The molecule has 0 aliphatic rings. The van der Waals surface area contributed by atoms with Gasteiger partial charge in [-0.1, -0.05) is 11.6 Å². The standard InChI is InChI=1S/C7H7ClF3N3/c8-3-1-4(12)5(14-2-3)6(13)7(9,10)11/h1-2,6H,12-13H2/t6-/m1/s1. The largest absolute Gasteiger partial charge is 0.409 e. The van der Waals surface area contributed by atoms with E-state index in [1.54, 1.807) is 0 Å². The van der Waals surface area contributed by atoms with Crippen LogP contribution in [0.3, 0.4) is 0 Å². The molecule has 14 heavy (non-hydrogen) atoms. The lowest BCUT2D eigenvalue weighted by Crippen LogP contribution is -2.30. The normalized spacial score (nSPS) is 14.1. The van der Waals surface area contributed by atoms with Crippen LogP contribution in [0.1, 0.15) is 11.7 Å². The number of pyridine rings is 1. The van der Waals surface area contributed by atoms with E-state index < -0.39 is 17.9 Å². The SMILES string of the molecule is Nc1cc(Cl)cnc1[C@@H](N)C(F)(F)F. The van der Waals surface area contributed by atoms with E-state index in [2.05, 4.69) is 4.98 Å². The summed E-state index contributed by atoms with van der Waals surface area (Å²) in [4.78, 5) is 3.44. The van der Waals surface area contributed by atoms with Crippen molar-refractivity contribution in [3.8, 4) is 0 Å². The molecule has 3 nitrogen and oxygen atoms in total. The van der Waals surface area contributed by atoms with Gasteiger partial charge in [-0.2, -0.15) is 13.2 Å². The number of anilines is 1. The highest BCUT2D eigenvalue weighted by atomic mass is 35.5. The summed E-state index contributed by atoms with van der Waals surface area (Å²) >= 11 is 5.47. The molecule has 0 spiro atoms. The number of alkyl halides is 3. The minimum atomic E-state index is -4.56. The zero-order chi connectivity index (χ0) is 10.9. The lowest BCUT2D eigenvalue weighted by molar-refractivity contribution is -0.149. The van der Waals surface area contributed by atoms with Gasteiger partial charge >= 0.3 is 6.18 Å². The highest BCUT2D eigenvalue weighted by Gasteiger charge is 2.39. The van der Waals surface area contributed by atoms with E-state index in [0.717, 1.165) is 6.20 Å². The maximum absolute atomic E-state index is 12.2. The van der Waals surface area contributed by atoms with Gasteiger partial charge in [-0.05, 0) is 6.07 Å². The van der Waals surface area contributed by atoms with Gasteiger partial charge < -0.3 is 11.5 Å². The zero-order valence-corrected chi connectivity index (χ0v) is 7.60. The van der Waals surface area contributed by atoms with E-state index >= 15 is 0 Å². The summed E-state index contributed by atoms with van der Waals surface area (Å²) in [5.74, 6) is 0. The second kappa shape index (κ2) is 3.62. The van der Waals surface area contributed by atoms with Crippen molar-refractivity contribution in [2.24, 2.45) is 5.73 Å². The van der Waals surface area contributed by atoms with Crippen molar-refractivity contribution in [3.63, 3.8) is 0 Å². The second-order valence-electron chi connectivity index (χ2n) is 2.65. The minimum Gasteiger partial charge on any atom is -0.397 e. The van der Waals surface area contributed by atoms with Gasteiger partial charge in [-0.15, -0.1) is 0 Å². The van der Waals surface area contributed by atoms with E-state index in [4.69, 9.17) is 23.1 Å². The number of aromatic nitrogens is 1. The summed E-state index contributed by atoms with van der Waals surface area (Å²) < 4.78 is 36.5. The minimum absolute atomic E-state index is 0.165. The molecule has 7 heteroatoms. The van der Waals surface area contributed by atoms with Gasteiger partial charge in [0.2, 0.25) is 0 Å². The lowest BCUT2D eigenvalue weighted by Gasteiger charge is -2.16. The van der Waals surface area contributed by atoms with Crippen LogP contribution in [0.2, 0.25) is 5.02 Å². The van der Waals surface area contributed by atoms with Crippen molar-refractivity contribution in [1.29, 1.82) is 0 Å². The van der Waals surface area contributed by atoms with E-state index in [9.17, 15) is 13.2 Å². The van der Waals surface area contributed by atoms with Gasteiger partial charge in [-0.3, -0.25) is 4.98 Å². The number of nitrogens with zero attached hydrogens (tertiary/aromatic N) is 1. The van der Waals surface area contributed by atoms with Crippen LogP contribution in [0.5, 0.6) is 0 Å². The number of nitrogen functional groups attached to an aromatic ring is 1. The first kappa shape index (κ1) is 11.1. The van der Waals surface area contributed by atoms with Gasteiger partial charge in [0, 0.05) is 6.20 Å². The molecule has 0 amide bonds. The maximum Gasteiger partial charge on any atom is 0.409 e. The quantitative estimate of drug-likeness (QED) is 0.767. The van der Waals surface area contributed by atoms with Crippen LogP contribution in [0.15, 0.2) is 12.3 Å². The molecule has 0 aliphatic carbocycles. The number of hydrogen-bond acceptors (Lipinski definition) is 3. The zero-order valence-electron chi connectivity index (χ0n) is 6.85. The molecule has 1 heterocycles. The predicted molar refractivity (Wildman–Crippen MR) is 46.6 cm³/mol. The molecule has 0 saturated carbocycles. The van der Waals surface area contributed by atoms with Crippen LogP contribution < -0.4 is 11.5 Å². The maximum atomic E-state index is 12.2.